The van der Waals surface area contributed by atoms with Gasteiger partial charge in [0.1, 0.15) is 5.75 Å². The molecule has 1 aromatic carbocycles. The van der Waals surface area contributed by atoms with Gasteiger partial charge in [-0.05, 0) is 37.1 Å². The van der Waals surface area contributed by atoms with Gasteiger partial charge in [0.2, 0.25) is 10.0 Å². The van der Waals surface area contributed by atoms with Gasteiger partial charge in [0.25, 0.3) is 5.91 Å². The number of benzene rings is 1. The highest BCUT2D eigenvalue weighted by Crippen LogP contribution is 2.20. The van der Waals surface area contributed by atoms with Crippen molar-refractivity contribution in [3.63, 3.8) is 0 Å². The van der Waals surface area contributed by atoms with Crippen molar-refractivity contribution in [2.75, 3.05) is 26.9 Å². The van der Waals surface area contributed by atoms with Crippen LogP contribution >= 0.6 is 0 Å². The number of primary sulfonamides is 1. The molecule has 0 spiro atoms. The van der Waals surface area contributed by atoms with Crippen molar-refractivity contribution < 1.29 is 22.7 Å². The first-order valence-corrected chi connectivity index (χ1v) is 7.91. The van der Waals surface area contributed by atoms with Gasteiger partial charge >= 0.3 is 0 Å². The number of hydrogen-bond acceptors (Lipinski definition) is 5. The molecule has 21 heavy (non-hydrogen) atoms. The molecular weight excluding hydrogens is 296 g/mol. The number of ether oxygens (including phenoxy) is 2. The van der Waals surface area contributed by atoms with Gasteiger partial charge in [-0.2, -0.15) is 0 Å². The van der Waals surface area contributed by atoms with E-state index in [9.17, 15) is 13.2 Å². The van der Waals surface area contributed by atoms with E-state index in [1.165, 1.54) is 18.2 Å². The van der Waals surface area contributed by atoms with E-state index >= 15 is 0 Å². The quantitative estimate of drug-likeness (QED) is 0.665. The number of carbonyl (C=O) groups is 1. The predicted octanol–water partition coefficient (Wildman–Crippen LogP) is 0.174. The molecule has 0 aliphatic carbocycles. The Kier molecular flexibility index (Phi) is 6.60. The van der Waals surface area contributed by atoms with Crippen molar-refractivity contribution >= 4 is 15.9 Å². The van der Waals surface area contributed by atoms with E-state index in [4.69, 9.17) is 14.6 Å². The lowest BCUT2D eigenvalue weighted by Gasteiger charge is -2.09. The van der Waals surface area contributed by atoms with Gasteiger partial charge in [-0.25, -0.2) is 13.6 Å². The van der Waals surface area contributed by atoms with E-state index in [0.717, 1.165) is 6.42 Å². The lowest BCUT2D eigenvalue weighted by molar-refractivity contribution is -0.123. The minimum Gasteiger partial charge on any atom is -0.484 e. The maximum Gasteiger partial charge on any atom is 0.257 e. The first kappa shape index (κ1) is 17.4. The van der Waals surface area contributed by atoms with Gasteiger partial charge in [0.05, 0.1) is 4.90 Å². The molecule has 1 aromatic rings. The van der Waals surface area contributed by atoms with E-state index in [-0.39, 0.29) is 17.4 Å². The van der Waals surface area contributed by atoms with Crippen LogP contribution in [0.1, 0.15) is 12.0 Å². The lowest BCUT2D eigenvalue weighted by atomic mass is 10.2. The molecule has 0 bridgehead atoms. The predicted molar refractivity (Wildman–Crippen MR) is 77.5 cm³/mol. The van der Waals surface area contributed by atoms with Gasteiger partial charge < -0.3 is 14.8 Å². The van der Waals surface area contributed by atoms with E-state index < -0.39 is 10.0 Å². The van der Waals surface area contributed by atoms with Gasteiger partial charge in [-0.3, -0.25) is 4.79 Å². The molecule has 8 heteroatoms. The second-order valence-corrected chi connectivity index (χ2v) is 5.99. The Labute approximate surface area is 124 Å². The van der Waals surface area contributed by atoms with Crippen molar-refractivity contribution in [2.45, 2.75) is 18.2 Å². The smallest absolute Gasteiger partial charge is 0.257 e. The molecule has 0 fully saturated rings. The van der Waals surface area contributed by atoms with Crippen LogP contribution in [0.3, 0.4) is 0 Å². The zero-order chi connectivity index (χ0) is 15.9. The number of hydrogen-bond donors (Lipinski definition) is 2. The fraction of sp³-hybridized carbons (Fsp3) is 0.462. The van der Waals surface area contributed by atoms with Crippen LogP contribution < -0.4 is 15.2 Å². The number of methoxy groups -OCH3 is 1. The van der Waals surface area contributed by atoms with Crippen LogP contribution in [0.4, 0.5) is 0 Å². The summed E-state index contributed by atoms with van der Waals surface area (Å²) < 4.78 is 32.7. The SMILES string of the molecule is COCCCNC(=O)COc1ccc(S(N)(=O)=O)c(C)c1. The Bertz CT molecular complexity index is 586. The molecule has 0 heterocycles. The summed E-state index contributed by atoms with van der Waals surface area (Å²) in [5, 5.41) is 7.74. The van der Waals surface area contributed by atoms with Gasteiger partial charge in [0.15, 0.2) is 6.61 Å². The molecule has 0 radical (unpaired) electrons. The molecule has 7 nitrogen and oxygen atoms in total. The highest BCUT2D eigenvalue weighted by molar-refractivity contribution is 7.89. The zero-order valence-electron chi connectivity index (χ0n) is 12.1. The summed E-state index contributed by atoms with van der Waals surface area (Å²) >= 11 is 0. The molecular formula is C13H20N2O5S. The molecule has 1 amide bonds. The van der Waals surface area contributed by atoms with E-state index in [1.807, 2.05) is 0 Å². The summed E-state index contributed by atoms with van der Waals surface area (Å²) in [4.78, 5) is 11.5. The average Bonchev–Trinajstić information content (AvgIpc) is 2.40. The summed E-state index contributed by atoms with van der Waals surface area (Å²) in [6.45, 7) is 2.56. The largest absolute Gasteiger partial charge is 0.484 e. The number of nitrogens with two attached hydrogens (primary N) is 1. The highest BCUT2D eigenvalue weighted by Gasteiger charge is 2.12. The monoisotopic (exact) mass is 316 g/mol. The normalized spacial score (nSPS) is 11.2. The third-order valence-electron chi connectivity index (χ3n) is 2.67. The minimum absolute atomic E-state index is 0.0406. The van der Waals surface area contributed by atoms with Crippen molar-refractivity contribution in [1.29, 1.82) is 0 Å². The van der Waals surface area contributed by atoms with Crippen LogP contribution in [0.5, 0.6) is 5.75 Å². The highest BCUT2D eigenvalue weighted by atomic mass is 32.2. The van der Waals surface area contributed by atoms with Crippen molar-refractivity contribution in [2.24, 2.45) is 5.14 Å². The number of nitrogens with one attached hydrogen (secondary N) is 1. The number of aryl methyl sites for hydroxylation is 1. The van der Waals surface area contributed by atoms with Crippen LogP contribution in [-0.2, 0) is 19.6 Å². The third-order valence-corrected chi connectivity index (χ3v) is 3.74. The zero-order valence-corrected chi connectivity index (χ0v) is 12.9. The standard InChI is InChI=1S/C13H20N2O5S/c1-10-8-11(4-5-12(10)21(14,17)18)20-9-13(16)15-6-3-7-19-2/h4-5,8H,3,6-7,9H2,1-2H3,(H,15,16)(H2,14,17,18). The van der Waals surface area contributed by atoms with Crippen LogP contribution in [0.2, 0.25) is 0 Å². The van der Waals surface area contributed by atoms with Gasteiger partial charge in [-0.15, -0.1) is 0 Å². The number of sulfonamides is 1. The Morgan fingerprint density at radius 2 is 2.10 bits per heavy atom. The van der Waals surface area contributed by atoms with E-state index in [2.05, 4.69) is 5.32 Å². The number of rotatable bonds is 8. The third kappa shape index (κ3) is 6.11. The van der Waals surface area contributed by atoms with Crippen molar-refractivity contribution in [3.05, 3.63) is 23.8 Å². The molecule has 0 aromatic heterocycles. The van der Waals surface area contributed by atoms with E-state index in [0.29, 0.717) is 24.5 Å². The maximum absolute atomic E-state index is 11.5. The minimum atomic E-state index is -3.75. The molecule has 0 atom stereocenters. The molecule has 0 aliphatic heterocycles. The van der Waals surface area contributed by atoms with E-state index in [1.54, 1.807) is 14.0 Å². The van der Waals surface area contributed by atoms with Gasteiger partial charge in [-0.1, -0.05) is 0 Å². The topological polar surface area (TPSA) is 108 Å². The summed E-state index contributed by atoms with van der Waals surface area (Å²) in [7, 11) is -2.15. The Morgan fingerprint density at radius 1 is 1.38 bits per heavy atom. The van der Waals surface area contributed by atoms with Crippen LogP contribution in [-0.4, -0.2) is 41.2 Å². The second kappa shape index (κ2) is 7.96. The molecule has 1 rings (SSSR count). The van der Waals surface area contributed by atoms with Crippen molar-refractivity contribution in [3.8, 4) is 5.75 Å². The molecule has 3 N–H and O–H groups in total. The van der Waals surface area contributed by atoms with Crippen molar-refractivity contribution in [1.82, 2.24) is 5.32 Å². The first-order chi connectivity index (χ1) is 9.84. The summed E-state index contributed by atoms with van der Waals surface area (Å²) in [6.07, 6.45) is 0.727. The van der Waals surface area contributed by atoms with Crippen LogP contribution in [0, 0.1) is 6.92 Å². The summed E-state index contributed by atoms with van der Waals surface area (Å²) in [5.74, 6) is 0.159. The fourth-order valence-electron chi connectivity index (χ4n) is 1.68. The second-order valence-electron chi connectivity index (χ2n) is 4.46. The average molecular weight is 316 g/mol. The Morgan fingerprint density at radius 3 is 2.67 bits per heavy atom. The molecule has 118 valence electrons. The fourth-order valence-corrected chi connectivity index (χ4v) is 2.44. The number of amides is 1. The maximum atomic E-state index is 11.5. The molecule has 0 unspecified atom stereocenters. The molecule has 0 saturated heterocycles. The van der Waals surface area contributed by atoms with Crippen LogP contribution in [0.15, 0.2) is 23.1 Å². The number of carbonyl (C=O) groups excluding carboxylic acids is 1. The van der Waals surface area contributed by atoms with Crippen LogP contribution in [0.25, 0.3) is 0 Å². The summed E-state index contributed by atoms with van der Waals surface area (Å²) in [6, 6.07) is 4.35. The Hall–Kier alpha value is -1.64. The molecule has 0 aliphatic rings. The molecule has 0 saturated carbocycles. The Balaban J connectivity index is 2.49. The van der Waals surface area contributed by atoms with Gasteiger partial charge in [0, 0.05) is 20.3 Å². The first-order valence-electron chi connectivity index (χ1n) is 6.36. The lowest BCUT2D eigenvalue weighted by Crippen LogP contribution is -2.30. The summed E-state index contributed by atoms with van der Waals surface area (Å²) in [5.41, 5.74) is 0.468.